The van der Waals surface area contributed by atoms with Gasteiger partial charge in [0.05, 0.1) is 12.0 Å². The number of aliphatic hydroxyl groups is 1. The highest BCUT2D eigenvalue weighted by Gasteiger charge is 2.33. The lowest BCUT2D eigenvalue weighted by molar-refractivity contribution is 0.142. The summed E-state index contributed by atoms with van der Waals surface area (Å²) in [7, 11) is 0. The lowest BCUT2D eigenvalue weighted by atomic mass is 9.87. The number of fused-ring (bicyclic) bond motifs is 1. The summed E-state index contributed by atoms with van der Waals surface area (Å²) in [6.07, 6.45) is 4.53. The fourth-order valence-corrected chi connectivity index (χ4v) is 3.73. The van der Waals surface area contributed by atoms with Gasteiger partial charge in [-0.15, -0.1) is 11.3 Å². The largest absolute Gasteiger partial charge is 0.396 e. The van der Waals surface area contributed by atoms with Crippen molar-refractivity contribution in [2.45, 2.75) is 25.7 Å². The molecule has 0 aliphatic heterocycles. The second-order valence-electron chi connectivity index (χ2n) is 5.20. The van der Waals surface area contributed by atoms with Gasteiger partial charge < -0.3 is 10.4 Å². The van der Waals surface area contributed by atoms with Crippen LogP contribution in [0.2, 0.25) is 5.28 Å². The molecule has 1 aliphatic carbocycles. The van der Waals surface area contributed by atoms with Crippen molar-refractivity contribution in [2.75, 3.05) is 18.5 Å². The van der Waals surface area contributed by atoms with Gasteiger partial charge in [0.1, 0.15) is 10.6 Å². The van der Waals surface area contributed by atoms with Gasteiger partial charge in [0.15, 0.2) is 0 Å². The second kappa shape index (κ2) is 5.23. The zero-order valence-corrected chi connectivity index (χ0v) is 12.1. The van der Waals surface area contributed by atoms with Crippen LogP contribution in [0, 0.1) is 5.41 Å². The zero-order chi connectivity index (χ0) is 13.3. The third-order valence-electron chi connectivity index (χ3n) is 3.93. The molecule has 2 aromatic heterocycles. The highest BCUT2D eigenvalue weighted by Crippen LogP contribution is 2.38. The van der Waals surface area contributed by atoms with Crippen LogP contribution in [0.1, 0.15) is 25.7 Å². The predicted molar refractivity (Wildman–Crippen MR) is 78.9 cm³/mol. The Morgan fingerprint density at radius 2 is 2.16 bits per heavy atom. The number of hydrogen-bond acceptors (Lipinski definition) is 5. The van der Waals surface area contributed by atoms with Crippen molar-refractivity contribution < 1.29 is 5.11 Å². The summed E-state index contributed by atoms with van der Waals surface area (Å²) in [6.45, 7) is 0.966. The number of halogens is 1. The molecule has 0 bridgehead atoms. The van der Waals surface area contributed by atoms with E-state index in [9.17, 15) is 5.11 Å². The first-order valence-electron chi connectivity index (χ1n) is 6.48. The Labute approximate surface area is 120 Å². The number of aliphatic hydroxyl groups excluding tert-OH is 1. The normalized spacial score (nSPS) is 18.0. The first-order chi connectivity index (χ1) is 9.22. The Kier molecular flexibility index (Phi) is 3.60. The molecule has 0 aromatic carbocycles. The number of hydrogen-bond donors (Lipinski definition) is 2. The van der Waals surface area contributed by atoms with Crippen LogP contribution < -0.4 is 5.32 Å². The molecular formula is C13H16ClN3OS. The zero-order valence-electron chi connectivity index (χ0n) is 10.5. The maximum Gasteiger partial charge on any atom is 0.225 e. The third-order valence-corrected chi connectivity index (χ3v) is 4.90. The van der Waals surface area contributed by atoms with Crippen molar-refractivity contribution >= 4 is 39.0 Å². The Balaban J connectivity index is 1.83. The molecule has 4 nitrogen and oxygen atoms in total. The van der Waals surface area contributed by atoms with Crippen LogP contribution in [0.15, 0.2) is 11.4 Å². The molecule has 0 spiro atoms. The Morgan fingerprint density at radius 3 is 2.89 bits per heavy atom. The van der Waals surface area contributed by atoms with E-state index in [2.05, 4.69) is 15.3 Å². The standard InChI is InChI=1S/C13H16ClN3OS/c14-12-16-10(9-3-6-19-11(9)17-12)15-7-13(8-18)4-1-2-5-13/h3,6,18H,1-2,4-5,7-8H2,(H,15,16,17). The van der Waals surface area contributed by atoms with Crippen molar-refractivity contribution in [3.63, 3.8) is 0 Å². The van der Waals surface area contributed by atoms with Crippen molar-refractivity contribution in [2.24, 2.45) is 5.41 Å². The Bertz CT molecular complexity index is 580. The van der Waals surface area contributed by atoms with E-state index in [0.717, 1.165) is 35.4 Å². The van der Waals surface area contributed by atoms with E-state index in [0.29, 0.717) is 0 Å². The molecule has 19 heavy (non-hydrogen) atoms. The summed E-state index contributed by atoms with van der Waals surface area (Å²) < 4.78 is 0. The second-order valence-corrected chi connectivity index (χ2v) is 6.43. The lowest BCUT2D eigenvalue weighted by Crippen LogP contribution is -2.30. The summed E-state index contributed by atoms with van der Waals surface area (Å²) in [5.74, 6) is 0.774. The first kappa shape index (κ1) is 13.1. The van der Waals surface area contributed by atoms with Gasteiger partial charge in [0, 0.05) is 12.0 Å². The van der Waals surface area contributed by atoms with Gasteiger partial charge in [-0.2, -0.15) is 0 Å². The van der Waals surface area contributed by atoms with Gasteiger partial charge in [-0.3, -0.25) is 0 Å². The van der Waals surface area contributed by atoms with E-state index >= 15 is 0 Å². The predicted octanol–water partition coefficient (Wildman–Crippen LogP) is 3.31. The SMILES string of the molecule is OCC1(CNc2nc(Cl)nc3sccc23)CCCC1. The Hall–Kier alpha value is -0.910. The lowest BCUT2D eigenvalue weighted by Gasteiger charge is -2.27. The van der Waals surface area contributed by atoms with Crippen molar-refractivity contribution in [1.82, 2.24) is 9.97 Å². The summed E-state index contributed by atoms with van der Waals surface area (Å²) in [4.78, 5) is 9.36. The van der Waals surface area contributed by atoms with Crippen LogP contribution in [0.4, 0.5) is 5.82 Å². The average Bonchev–Trinajstić information content (AvgIpc) is 3.05. The summed E-state index contributed by atoms with van der Waals surface area (Å²) in [5.41, 5.74) is -0.000227. The fraction of sp³-hybridized carbons (Fsp3) is 0.538. The van der Waals surface area contributed by atoms with Crippen LogP contribution in [0.3, 0.4) is 0 Å². The highest BCUT2D eigenvalue weighted by atomic mass is 35.5. The first-order valence-corrected chi connectivity index (χ1v) is 7.74. The van der Waals surface area contributed by atoms with E-state index in [1.807, 2.05) is 11.4 Å². The fourth-order valence-electron chi connectivity index (χ4n) is 2.75. The van der Waals surface area contributed by atoms with Crippen LogP contribution in [-0.4, -0.2) is 28.2 Å². The van der Waals surface area contributed by atoms with E-state index < -0.39 is 0 Å². The topological polar surface area (TPSA) is 58.0 Å². The molecule has 1 saturated carbocycles. The van der Waals surface area contributed by atoms with Crippen molar-refractivity contribution in [1.29, 1.82) is 0 Å². The smallest absolute Gasteiger partial charge is 0.225 e. The number of thiophene rings is 1. The molecule has 2 N–H and O–H groups in total. The van der Waals surface area contributed by atoms with Crippen molar-refractivity contribution in [3.05, 3.63) is 16.7 Å². The minimum Gasteiger partial charge on any atom is -0.396 e. The quantitative estimate of drug-likeness (QED) is 0.850. The van der Waals surface area contributed by atoms with E-state index in [-0.39, 0.29) is 17.3 Å². The molecule has 0 atom stereocenters. The van der Waals surface area contributed by atoms with Gasteiger partial charge in [-0.05, 0) is 35.9 Å². The van der Waals surface area contributed by atoms with E-state index in [1.54, 1.807) is 11.3 Å². The number of rotatable bonds is 4. The summed E-state index contributed by atoms with van der Waals surface area (Å²) in [6, 6.07) is 2.00. The molecule has 3 rings (SSSR count). The van der Waals surface area contributed by atoms with E-state index in [4.69, 9.17) is 11.6 Å². The maximum atomic E-state index is 9.63. The van der Waals surface area contributed by atoms with Crippen molar-refractivity contribution in [3.8, 4) is 0 Å². The van der Waals surface area contributed by atoms with E-state index in [1.165, 1.54) is 12.8 Å². The molecule has 0 unspecified atom stereocenters. The minimum absolute atomic E-state index is 0.000227. The molecule has 2 heterocycles. The Morgan fingerprint density at radius 1 is 1.37 bits per heavy atom. The van der Waals surface area contributed by atoms with Gasteiger partial charge >= 0.3 is 0 Å². The number of aromatic nitrogens is 2. The molecular weight excluding hydrogens is 282 g/mol. The maximum absolute atomic E-state index is 9.63. The minimum atomic E-state index is -0.000227. The average molecular weight is 298 g/mol. The van der Waals surface area contributed by atoms with Crippen LogP contribution in [-0.2, 0) is 0 Å². The molecule has 1 aliphatic rings. The molecule has 0 saturated heterocycles. The molecule has 1 fully saturated rings. The molecule has 0 radical (unpaired) electrons. The van der Waals surface area contributed by atoms with Crippen LogP contribution in [0.25, 0.3) is 10.2 Å². The van der Waals surface area contributed by atoms with Crippen LogP contribution >= 0.6 is 22.9 Å². The third kappa shape index (κ3) is 2.55. The molecule has 0 amide bonds. The highest BCUT2D eigenvalue weighted by molar-refractivity contribution is 7.16. The number of anilines is 1. The molecule has 102 valence electrons. The van der Waals surface area contributed by atoms with Crippen LogP contribution in [0.5, 0.6) is 0 Å². The monoisotopic (exact) mass is 297 g/mol. The number of nitrogens with one attached hydrogen (secondary N) is 1. The van der Waals surface area contributed by atoms with Gasteiger partial charge in [0.2, 0.25) is 5.28 Å². The molecule has 6 heteroatoms. The van der Waals surface area contributed by atoms with Gasteiger partial charge in [0.25, 0.3) is 0 Å². The summed E-state index contributed by atoms with van der Waals surface area (Å²) >= 11 is 7.49. The molecule has 2 aromatic rings. The number of nitrogens with zero attached hydrogens (tertiary/aromatic N) is 2. The summed E-state index contributed by atoms with van der Waals surface area (Å²) in [5, 5.41) is 16.2. The van der Waals surface area contributed by atoms with Gasteiger partial charge in [-0.25, -0.2) is 9.97 Å². The van der Waals surface area contributed by atoms with Gasteiger partial charge in [-0.1, -0.05) is 12.8 Å².